The number of halogens is 3. The smallest absolute Gasteiger partial charge is 0.189 e. The lowest BCUT2D eigenvalue weighted by Gasteiger charge is -2.21. The van der Waals surface area contributed by atoms with Crippen molar-refractivity contribution in [1.29, 1.82) is 0 Å². The molecule has 0 heterocycles. The van der Waals surface area contributed by atoms with Crippen LogP contribution in [0.4, 0.5) is 4.39 Å². The van der Waals surface area contributed by atoms with Crippen LogP contribution in [0.2, 0.25) is 0 Å². The minimum Gasteiger partial charge on any atom is -0.370 e. The molecule has 0 aliphatic heterocycles. The highest BCUT2D eigenvalue weighted by molar-refractivity contribution is 14.0. The molecular formula is C12H18BrFIN3. The van der Waals surface area contributed by atoms with Gasteiger partial charge in [-0.05, 0) is 44.5 Å². The van der Waals surface area contributed by atoms with Crippen molar-refractivity contribution in [1.82, 2.24) is 5.32 Å². The fourth-order valence-electron chi connectivity index (χ4n) is 1.26. The standard InChI is InChI=1S/C12H17BrFN3.HI/c1-12(2,3)17-11(15)16-7-8-6-9(14)4-5-10(8)13;/h4-6H,7H2,1-3H3,(H3,15,16,17);1H. The van der Waals surface area contributed by atoms with Crippen LogP contribution in [-0.4, -0.2) is 11.5 Å². The molecule has 0 atom stereocenters. The maximum absolute atomic E-state index is 13.0. The summed E-state index contributed by atoms with van der Waals surface area (Å²) in [7, 11) is 0. The summed E-state index contributed by atoms with van der Waals surface area (Å²) in [6, 6.07) is 4.50. The second-order valence-electron chi connectivity index (χ2n) is 4.81. The van der Waals surface area contributed by atoms with Gasteiger partial charge in [0.2, 0.25) is 0 Å². The van der Waals surface area contributed by atoms with Gasteiger partial charge in [0, 0.05) is 10.0 Å². The van der Waals surface area contributed by atoms with Crippen molar-refractivity contribution >= 4 is 45.9 Å². The highest BCUT2D eigenvalue weighted by Crippen LogP contribution is 2.18. The summed E-state index contributed by atoms with van der Waals surface area (Å²) in [5.74, 6) is 0.0782. The Kier molecular flexibility index (Phi) is 7.13. The van der Waals surface area contributed by atoms with Crippen LogP contribution >= 0.6 is 39.9 Å². The Morgan fingerprint density at radius 2 is 2.06 bits per heavy atom. The number of guanidine groups is 1. The van der Waals surface area contributed by atoms with Crippen molar-refractivity contribution in [3.63, 3.8) is 0 Å². The average molecular weight is 430 g/mol. The van der Waals surface area contributed by atoms with Crippen molar-refractivity contribution in [2.24, 2.45) is 10.7 Å². The molecule has 3 nitrogen and oxygen atoms in total. The van der Waals surface area contributed by atoms with Crippen LogP contribution in [-0.2, 0) is 6.54 Å². The Labute approximate surface area is 133 Å². The molecule has 1 aromatic rings. The largest absolute Gasteiger partial charge is 0.370 e. The molecule has 0 amide bonds. The quantitative estimate of drug-likeness (QED) is 0.430. The molecule has 18 heavy (non-hydrogen) atoms. The van der Waals surface area contributed by atoms with Gasteiger partial charge in [-0.1, -0.05) is 15.9 Å². The molecule has 3 N–H and O–H groups in total. The number of aliphatic imine (C=N–C) groups is 1. The summed E-state index contributed by atoms with van der Waals surface area (Å²) >= 11 is 3.34. The topological polar surface area (TPSA) is 50.4 Å². The Hall–Kier alpha value is -0.370. The SMILES string of the molecule is CC(C)(C)NC(N)=NCc1cc(F)ccc1Br.I. The highest BCUT2D eigenvalue weighted by atomic mass is 127. The van der Waals surface area contributed by atoms with Crippen molar-refractivity contribution in [2.45, 2.75) is 32.9 Å². The summed E-state index contributed by atoms with van der Waals surface area (Å²) in [6.07, 6.45) is 0. The van der Waals surface area contributed by atoms with Crippen LogP contribution in [0.15, 0.2) is 27.7 Å². The van der Waals surface area contributed by atoms with E-state index in [0.29, 0.717) is 12.5 Å². The monoisotopic (exact) mass is 429 g/mol. The molecule has 0 radical (unpaired) electrons. The number of hydrogen-bond acceptors (Lipinski definition) is 1. The van der Waals surface area contributed by atoms with E-state index in [1.165, 1.54) is 12.1 Å². The molecule has 1 rings (SSSR count). The zero-order chi connectivity index (χ0) is 13.1. The number of benzene rings is 1. The van der Waals surface area contributed by atoms with E-state index in [2.05, 4.69) is 26.2 Å². The highest BCUT2D eigenvalue weighted by Gasteiger charge is 2.09. The molecule has 0 aromatic heterocycles. The minimum atomic E-state index is -0.277. The first-order valence-corrected chi connectivity index (χ1v) is 6.09. The van der Waals surface area contributed by atoms with E-state index < -0.39 is 0 Å². The van der Waals surface area contributed by atoms with E-state index in [0.717, 1.165) is 10.0 Å². The first-order chi connectivity index (χ1) is 7.78. The number of rotatable bonds is 2. The Bertz CT molecular complexity index is 430. The lowest BCUT2D eigenvalue weighted by atomic mass is 10.1. The van der Waals surface area contributed by atoms with Crippen LogP contribution in [0.3, 0.4) is 0 Å². The van der Waals surface area contributed by atoms with Gasteiger partial charge < -0.3 is 11.1 Å². The number of hydrogen-bond donors (Lipinski definition) is 2. The molecule has 0 bridgehead atoms. The molecule has 0 unspecified atom stereocenters. The third kappa shape index (κ3) is 6.53. The summed E-state index contributed by atoms with van der Waals surface area (Å²) in [4.78, 5) is 4.17. The molecule has 1 aromatic carbocycles. The Morgan fingerprint density at radius 1 is 1.44 bits per heavy atom. The summed E-state index contributed by atoms with van der Waals surface area (Å²) in [6.45, 7) is 6.32. The normalized spacial score (nSPS) is 11.9. The molecule has 6 heteroatoms. The van der Waals surface area contributed by atoms with Gasteiger partial charge in [-0.15, -0.1) is 24.0 Å². The molecule has 0 saturated heterocycles. The maximum atomic E-state index is 13.0. The van der Waals surface area contributed by atoms with Gasteiger partial charge in [-0.3, -0.25) is 0 Å². The van der Waals surface area contributed by atoms with Gasteiger partial charge in [0.25, 0.3) is 0 Å². The zero-order valence-electron chi connectivity index (χ0n) is 10.6. The van der Waals surface area contributed by atoms with Gasteiger partial charge in [-0.2, -0.15) is 0 Å². The van der Waals surface area contributed by atoms with E-state index in [-0.39, 0.29) is 35.3 Å². The average Bonchev–Trinajstić information content (AvgIpc) is 2.17. The van der Waals surface area contributed by atoms with Crippen molar-refractivity contribution < 1.29 is 4.39 Å². The first-order valence-electron chi connectivity index (χ1n) is 5.30. The number of nitrogens with one attached hydrogen (secondary N) is 1. The molecule has 0 fully saturated rings. The van der Waals surface area contributed by atoms with Crippen LogP contribution in [0.1, 0.15) is 26.3 Å². The van der Waals surface area contributed by atoms with E-state index >= 15 is 0 Å². The summed E-state index contributed by atoms with van der Waals surface area (Å²) in [5, 5.41) is 3.04. The zero-order valence-corrected chi connectivity index (χ0v) is 14.5. The Balaban J connectivity index is 0.00000289. The molecule has 0 aliphatic rings. The molecule has 0 spiro atoms. The number of nitrogens with zero attached hydrogens (tertiary/aromatic N) is 1. The molecule has 0 aliphatic carbocycles. The second kappa shape index (κ2) is 7.28. The van der Waals surface area contributed by atoms with Gasteiger partial charge >= 0.3 is 0 Å². The predicted molar refractivity (Wildman–Crippen MR) is 87.7 cm³/mol. The first kappa shape index (κ1) is 17.6. The minimum absolute atomic E-state index is 0. The van der Waals surface area contributed by atoms with Gasteiger partial charge in [-0.25, -0.2) is 9.38 Å². The lowest BCUT2D eigenvalue weighted by molar-refractivity contribution is 0.508. The van der Waals surface area contributed by atoms with Gasteiger partial charge in [0.15, 0.2) is 5.96 Å². The third-order valence-electron chi connectivity index (χ3n) is 1.93. The van der Waals surface area contributed by atoms with Gasteiger partial charge in [0.1, 0.15) is 5.82 Å². The lowest BCUT2D eigenvalue weighted by Crippen LogP contribution is -2.44. The molecule has 102 valence electrons. The van der Waals surface area contributed by atoms with Crippen molar-refractivity contribution in [3.8, 4) is 0 Å². The van der Waals surface area contributed by atoms with E-state index in [1.807, 2.05) is 20.8 Å². The summed E-state index contributed by atoms with van der Waals surface area (Å²) < 4.78 is 13.9. The van der Waals surface area contributed by atoms with Crippen LogP contribution < -0.4 is 11.1 Å². The van der Waals surface area contributed by atoms with Crippen LogP contribution in [0, 0.1) is 5.82 Å². The van der Waals surface area contributed by atoms with Gasteiger partial charge in [0.05, 0.1) is 6.54 Å². The fourth-order valence-corrected chi connectivity index (χ4v) is 1.63. The van der Waals surface area contributed by atoms with Crippen molar-refractivity contribution in [2.75, 3.05) is 0 Å². The van der Waals surface area contributed by atoms with E-state index in [4.69, 9.17) is 5.73 Å². The van der Waals surface area contributed by atoms with Crippen LogP contribution in [0.25, 0.3) is 0 Å². The van der Waals surface area contributed by atoms with Crippen molar-refractivity contribution in [3.05, 3.63) is 34.1 Å². The number of nitrogens with two attached hydrogens (primary N) is 1. The third-order valence-corrected chi connectivity index (χ3v) is 2.70. The Morgan fingerprint density at radius 3 is 2.61 bits per heavy atom. The predicted octanol–water partition coefficient (Wildman–Crippen LogP) is 3.41. The fraction of sp³-hybridized carbons (Fsp3) is 0.417. The van der Waals surface area contributed by atoms with E-state index in [1.54, 1.807) is 6.07 Å². The molecule has 0 saturated carbocycles. The molecular weight excluding hydrogens is 412 g/mol. The van der Waals surface area contributed by atoms with Crippen LogP contribution in [0.5, 0.6) is 0 Å². The maximum Gasteiger partial charge on any atom is 0.189 e. The second-order valence-corrected chi connectivity index (χ2v) is 5.67. The van der Waals surface area contributed by atoms with E-state index in [9.17, 15) is 4.39 Å². The summed E-state index contributed by atoms with van der Waals surface area (Å²) in [5.41, 5.74) is 6.36.